The van der Waals surface area contributed by atoms with Gasteiger partial charge in [-0.2, -0.15) is 0 Å². The van der Waals surface area contributed by atoms with Crippen LogP contribution < -0.4 is 0 Å². The fourth-order valence-electron chi connectivity index (χ4n) is 1.71. The van der Waals surface area contributed by atoms with Crippen LogP contribution >= 0.6 is 0 Å². The van der Waals surface area contributed by atoms with E-state index in [1.807, 2.05) is 0 Å². The molecule has 0 heteroatoms. The van der Waals surface area contributed by atoms with Crippen molar-refractivity contribution in [1.29, 1.82) is 0 Å². The zero-order chi connectivity index (χ0) is 7.94. The predicted octanol–water partition coefficient (Wildman–Crippen LogP) is 4.07. The van der Waals surface area contributed by atoms with E-state index < -0.39 is 0 Å². The molecule has 0 N–H and O–H groups in total. The van der Waals surface area contributed by atoms with Gasteiger partial charge in [-0.05, 0) is 32.6 Å². The van der Waals surface area contributed by atoms with Crippen LogP contribution in [0.2, 0.25) is 0 Å². The highest BCUT2D eigenvalue weighted by Gasteiger charge is 1.95. The summed E-state index contributed by atoms with van der Waals surface area (Å²) in [6, 6.07) is 0. The van der Waals surface area contributed by atoms with E-state index in [9.17, 15) is 0 Å². The standard InChI is InChI=1S/C11H20/c1-11-9-7-5-3-2-4-6-8-10-11/h9H,2-8,10H2,1H3/b11-9-. The molecular weight excluding hydrogens is 132 g/mol. The van der Waals surface area contributed by atoms with Gasteiger partial charge in [-0.25, -0.2) is 0 Å². The van der Waals surface area contributed by atoms with Crippen LogP contribution in [0.5, 0.6) is 0 Å². The van der Waals surface area contributed by atoms with Crippen molar-refractivity contribution in [2.75, 3.05) is 0 Å². The summed E-state index contributed by atoms with van der Waals surface area (Å²) in [6.07, 6.45) is 13.8. The molecule has 0 aromatic heterocycles. The Bertz CT molecular complexity index is 122. The number of hydrogen-bond acceptors (Lipinski definition) is 0. The van der Waals surface area contributed by atoms with Gasteiger partial charge in [0.1, 0.15) is 0 Å². The zero-order valence-corrected chi connectivity index (χ0v) is 7.73. The fourth-order valence-corrected chi connectivity index (χ4v) is 1.71. The first-order valence-corrected chi connectivity index (χ1v) is 5.05. The molecule has 0 unspecified atom stereocenters. The Balaban J connectivity index is 2.27. The molecule has 64 valence electrons. The Hall–Kier alpha value is -0.260. The maximum Gasteiger partial charge on any atom is -0.0323 e. The molecule has 0 fully saturated rings. The maximum absolute atomic E-state index is 2.44. The molecule has 0 saturated carbocycles. The molecule has 0 aromatic rings. The summed E-state index contributed by atoms with van der Waals surface area (Å²) in [6.45, 7) is 2.28. The van der Waals surface area contributed by atoms with Crippen molar-refractivity contribution in [3.63, 3.8) is 0 Å². The van der Waals surface area contributed by atoms with Crippen molar-refractivity contribution >= 4 is 0 Å². The quantitative estimate of drug-likeness (QED) is 0.459. The average Bonchev–Trinajstić information content (AvgIpc) is 2.03. The van der Waals surface area contributed by atoms with E-state index in [-0.39, 0.29) is 0 Å². The molecule has 11 heavy (non-hydrogen) atoms. The highest BCUT2D eigenvalue weighted by Crippen LogP contribution is 2.15. The second-order valence-electron chi connectivity index (χ2n) is 3.71. The third-order valence-electron chi connectivity index (χ3n) is 2.52. The lowest BCUT2D eigenvalue weighted by Crippen LogP contribution is -1.85. The molecule has 0 heterocycles. The first-order valence-electron chi connectivity index (χ1n) is 5.05. The van der Waals surface area contributed by atoms with Gasteiger partial charge in [0.2, 0.25) is 0 Å². The zero-order valence-electron chi connectivity index (χ0n) is 7.73. The van der Waals surface area contributed by atoms with Crippen LogP contribution in [0.1, 0.15) is 58.3 Å². The van der Waals surface area contributed by atoms with Crippen molar-refractivity contribution in [2.45, 2.75) is 58.3 Å². The van der Waals surface area contributed by atoms with E-state index in [2.05, 4.69) is 13.0 Å². The fraction of sp³-hybridized carbons (Fsp3) is 0.818. The lowest BCUT2D eigenvalue weighted by molar-refractivity contribution is 0.585. The summed E-state index contributed by atoms with van der Waals surface area (Å²) in [5.74, 6) is 0. The summed E-state index contributed by atoms with van der Waals surface area (Å²) >= 11 is 0. The smallest absolute Gasteiger partial charge is 0.0323 e. The van der Waals surface area contributed by atoms with Crippen molar-refractivity contribution in [1.82, 2.24) is 0 Å². The molecule has 0 aliphatic heterocycles. The van der Waals surface area contributed by atoms with Crippen LogP contribution in [-0.4, -0.2) is 0 Å². The number of allylic oxidation sites excluding steroid dienone is 2. The first kappa shape index (κ1) is 8.83. The Labute approximate surface area is 70.7 Å². The Kier molecular flexibility index (Phi) is 4.33. The van der Waals surface area contributed by atoms with Crippen LogP contribution in [0.25, 0.3) is 0 Å². The monoisotopic (exact) mass is 152 g/mol. The van der Waals surface area contributed by atoms with E-state index in [1.54, 1.807) is 5.57 Å². The van der Waals surface area contributed by atoms with E-state index in [4.69, 9.17) is 0 Å². The van der Waals surface area contributed by atoms with Crippen molar-refractivity contribution in [3.8, 4) is 0 Å². The predicted molar refractivity (Wildman–Crippen MR) is 50.7 cm³/mol. The molecule has 1 aliphatic carbocycles. The lowest BCUT2D eigenvalue weighted by atomic mass is 10.0. The summed E-state index contributed by atoms with van der Waals surface area (Å²) in [4.78, 5) is 0. The largest absolute Gasteiger partial charge is 0.0856 e. The van der Waals surface area contributed by atoms with E-state index >= 15 is 0 Å². The number of rotatable bonds is 0. The topological polar surface area (TPSA) is 0 Å². The van der Waals surface area contributed by atoms with Gasteiger partial charge < -0.3 is 0 Å². The molecular formula is C11H20. The second kappa shape index (κ2) is 5.40. The Morgan fingerprint density at radius 2 is 1.55 bits per heavy atom. The highest BCUT2D eigenvalue weighted by molar-refractivity contribution is 4.97. The summed E-state index contributed by atoms with van der Waals surface area (Å²) in [5, 5.41) is 0. The van der Waals surface area contributed by atoms with E-state index in [0.717, 1.165) is 0 Å². The van der Waals surface area contributed by atoms with Crippen LogP contribution in [0.15, 0.2) is 11.6 Å². The van der Waals surface area contributed by atoms with Crippen molar-refractivity contribution < 1.29 is 0 Å². The number of hydrogen-bond donors (Lipinski definition) is 0. The van der Waals surface area contributed by atoms with Gasteiger partial charge in [-0.15, -0.1) is 0 Å². The molecule has 0 nitrogen and oxygen atoms in total. The average molecular weight is 152 g/mol. The minimum atomic E-state index is 1.33. The minimum absolute atomic E-state index is 1.33. The van der Waals surface area contributed by atoms with Gasteiger partial charge in [0.25, 0.3) is 0 Å². The molecule has 0 atom stereocenters. The van der Waals surface area contributed by atoms with Crippen LogP contribution in [0.4, 0.5) is 0 Å². The molecule has 0 bridgehead atoms. The summed E-state index contributed by atoms with van der Waals surface area (Å²) < 4.78 is 0. The van der Waals surface area contributed by atoms with Crippen LogP contribution in [0.3, 0.4) is 0 Å². The van der Waals surface area contributed by atoms with Gasteiger partial charge in [0.15, 0.2) is 0 Å². The van der Waals surface area contributed by atoms with Crippen LogP contribution in [0, 0.1) is 0 Å². The third kappa shape index (κ3) is 4.23. The van der Waals surface area contributed by atoms with E-state index in [1.165, 1.54) is 51.4 Å². The molecule has 0 saturated heterocycles. The van der Waals surface area contributed by atoms with Gasteiger partial charge in [0.05, 0.1) is 0 Å². The molecule has 1 aliphatic rings. The normalized spacial score (nSPS) is 27.2. The van der Waals surface area contributed by atoms with Gasteiger partial charge in [-0.1, -0.05) is 37.3 Å². The molecule has 0 spiro atoms. The molecule has 0 amide bonds. The highest BCUT2D eigenvalue weighted by atomic mass is 14.0. The first-order chi connectivity index (χ1) is 5.39. The summed E-state index contributed by atoms with van der Waals surface area (Å²) in [5.41, 5.74) is 1.62. The Morgan fingerprint density at radius 1 is 0.909 bits per heavy atom. The molecule has 0 aromatic carbocycles. The van der Waals surface area contributed by atoms with Crippen LogP contribution in [-0.2, 0) is 0 Å². The van der Waals surface area contributed by atoms with Crippen molar-refractivity contribution in [3.05, 3.63) is 11.6 Å². The van der Waals surface area contributed by atoms with E-state index in [0.29, 0.717) is 0 Å². The molecule has 1 rings (SSSR count). The maximum atomic E-state index is 2.44. The summed E-state index contributed by atoms with van der Waals surface area (Å²) in [7, 11) is 0. The van der Waals surface area contributed by atoms with Gasteiger partial charge in [0, 0.05) is 0 Å². The van der Waals surface area contributed by atoms with Crippen molar-refractivity contribution in [2.24, 2.45) is 0 Å². The Morgan fingerprint density at radius 3 is 2.36 bits per heavy atom. The third-order valence-corrected chi connectivity index (χ3v) is 2.52. The van der Waals surface area contributed by atoms with Gasteiger partial charge in [-0.3, -0.25) is 0 Å². The lowest BCUT2D eigenvalue weighted by Gasteiger charge is -2.05. The SMILES string of the molecule is C/C1=C/CCCCCCCC1. The molecule has 0 radical (unpaired) electrons. The minimum Gasteiger partial charge on any atom is -0.0856 e. The second-order valence-corrected chi connectivity index (χ2v) is 3.71. The van der Waals surface area contributed by atoms with Gasteiger partial charge >= 0.3 is 0 Å².